The molecule has 6 heteroatoms. The fourth-order valence-electron chi connectivity index (χ4n) is 2.32. The molecule has 2 aromatic rings. The van der Waals surface area contributed by atoms with Gasteiger partial charge in [-0.25, -0.2) is 0 Å². The standard InChI is InChI=1S/C21H26N2O4/c1-4-26-13-14-27-19-11-7-17(8-12-19)21(25)23-18-9-5-16(6-10-18)20(24)22-15(2)3/h5-12,15H,4,13-14H2,1-3H3,(H,22,24)(H,23,25). The first-order chi connectivity index (χ1) is 13.0. The molecule has 0 saturated carbocycles. The van der Waals surface area contributed by atoms with Crippen LogP contribution in [0.15, 0.2) is 48.5 Å². The van der Waals surface area contributed by atoms with Crippen molar-refractivity contribution in [3.8, 4) is 5.75 Å². The number of nitrogens with one attached hydrogen (secondary N) is 2. The van der Waals surface area contributed by atoms with Gasteiger partial charge < -0.3 is 20.1 Å². The second-order valence-electron chi connectivity index (χ2n) is 6.23. The first kappa shape index (κ1) is 20.5. The summed E-state index contributed by atoms with van der Waals surface area (Å²) in [5, 5.41) is 5.64. The number of anilines is 1. The minimum atomic E-state index is -0.227. The molecule has 0 atom stereocenters. The van der Waals surface area contributed by atoms with Crippen molar-refractivity contribution >= 4 is 17.5 Å². The van der Waals surface area contributed by atoms with Crippen LogP contribution in [-0.2, 0) is 4.74 Å². The van der Waals surface area contributed by atoms with E-state index in [1.807, 2.05) is 20.8 Å². The molecule has 2 amide bonds. The number of ether oxygens (including phenoxy) is 2. The number of rotatable bonds is 9. The third kappa shape index (κ3) is 6.75. The first-order valence-corrected chi connectivity index (χ1v) is 9.02. The van der Waals surface area contributed by atoms with Gasteiger partial charge >= 0.3 is 0 Å². The Labute approximate surface area is 159 Å². The Hall–Kier alpha value is -2.86. The number of carbonyl (C=O) groups excluding carboxylic acids is 2. The normalized spacial score (nSPS) is 10.5. The lowest BCUT2D eigenvalue weighted by molar-refractivity contribution is 0.0942. The van der Waals surface area contributed by atoms with E-state index in [9.17, 15) is 9.59 Å². The maximum atomic E-state index is 12.3. The fourth-order valence-corrected chi connectivity index (χ4v) is 2.32. The molecule has 0 unspecified atom stereocenters. The molecule has 0 aliphatic carbocycles. The summed E-state index contributed by atoms with van der Waals surface area (Å²) in [5.74, 6) is 0.324. The van der Waals surface area contributed by atoms with Crippen molar-refractivity contribution in [3.63, 3.8) is 0 Å². The second-order valence-corrected chi connectivity index (χ2v) is 6.23. The molecule has 6 nitrogen and oxygen atoms in total. The molecule has 0 fully saturated rings. The van der Waals surface area contributed by atoms with Crippen molar-refractivity contribution in [2.24, 2.45) is 0 Å². The summed E-state index contributed by atoms with van der Waals surface area (Å²) in [5.41, 5.74) is 1.70. The van der Waals surface area contributed by atoms with Crippen molar-refractivity contribution in [3.05, 3.63) is 59.7 Å². The van der Waals surface area contributed by atoms with Gasteiger partial charge in [0.25, 0.3) is 11.8 Å². The van der Waals surface area contributed by atoms with Crippen molar-refractivity contribution in [1.82, 2.24) is 5.32 Å². The number of carbonyl (C=O) groups is 2. The highest BCUT2D eigenvalue weighted by Crippen LogP contribution is 2.15. The van der Waals surface area contributed by atoms with Gasteiger partial charge in [-0.15, -0.1) is 0 Å². The quantitative estimate of drug-likeness (QED) is 0.663. The molecule has 2 N–H and O–H groups in total. The fraction of sp³-hybridized carbons (Fsp3) is 0.333. The van der Waals surface area contributed by atoms with Gasteiger partial charge in [-0.05, 0) is 69.3 Å². The van der Waals surface area contributed by atoms with E-state index in [0.717, 1.165) is 0 Å². The zero-order valence-corrected chi connectivity index (χ0v) is 16.0. The lowest BCUT2D eigenvalue weighted by Gasteiger charge is -2.10. The van der Waals surface area contributed by atoms with E-state index in [-0.39, 0.29) is 17.9 Å². The highest BCUT2D eigenvalue weighted by Gasteiger charge is 2.09. The highest BCUT2D eigenvalue weighted by molar-refractivity contribution is 6.04. The van der Waals surface area contributed by atoms with Crippen molar-refractivity contribution < 1.29 is 19.1 Å². The van der Waals surface area contributed by atoms with Crippen molar-refractivity contribution in [2.75, 3.05) is 25.1 Å². The molecule has 144 valence electrons. The lowest BCUT2D eigenvalue weighted by atomic mass is 10.1. The number of amides is 2. The zero-order valence-electron chi connectivity index (χ0n) is 16.0. The number of benzene rings is 2. The summed E-state index contributed by atoms with van der Waals surface area (Å²) in [4.78, 5) is 24.3. The minimum absolute atomic E-state index is 0.0722. The summed E-state index contributed by atoms with van der Waals surface area (Å²) in [6, 6.07) is 13.8. The van der Waals surface area contributed by atoms with Crippen LogP contribution in [0.3, 0.4) is 0 Å². The number of hydrogen-bond acceptors (Lipinski definition) is 4. The maximum absolute atomic E-state index is 12.3. The highest BCUT2D eigenvalue weighted by atomic mass is 16.5. The Morgan fingerprint density at radius 3 is 2.07 bits per heavy atom. The zero-order chi connectivity index (χ0) is 19.6. The maximum Gasteiger partial charge on any atom is 0.255 e. The molecule has 2 aromatic carbocycles. The van der Waals surface area contributed by atoms with Crippen LogP contribution in [0.25, 0.3) is 0 Å². The number of hydrogen-bond donors (Lipinski definition) is 2. The molecule has 27 heavy (non-hydrogen) atoms. The van der Waals surface area contributed by atoms with Crippen LogP contribution in [0.5, 0.6) is 5.75 Å². The lowest BCUT2D eigenvalue weighted by Crippen LogP contribution is -2.30. The second kappa shape index (κ2) is 10.3. The Morgan fingerprint density at radius 2 is 1.48 bits per heavy atom. The van der Waals surface area contributed by atoms with Crippen LogP contribution in [0, 0.1) is 0 Å². The van der Waals surface area contributed by atoms with Crippen LogP contribution in [0.2, 0.25) is 0 Å². The van der Waals surface area contributed by atoms with Gasteiger partial charge in [0.1, 0.15) is 12.4 Å². The van der Waals surface area contributed by atoms with E-state index >= 15 is 0 Å². The molecule has 0 bridgehead atoms. The summed E-state index contributed by atoms with van der Waals surface area (Å²) in [6.45, 7) is 7.40. The van der Waals surface area contributed by atoms with Gasteiger partial charge in [0, 0.05) is 29.5 Å². The average Bonchev–Trinajstić information content (AvgIpc) is 2.65. The van der Waals surface area contributed by atoms with E-state index in [1.54, 1.807) is 48.5 Å². The van der Waals surface area contributed by atoms with E-state index in [2.05, 4.69) is 10.6 Å². The van der Waals surface area contributed by atoms with E-state index in [4.69, 9.17) is 9.47 Å². The molecule has 0 radical (unpaired) electrons. The van der Waals surface area contributed by atoms with Crippen molar-refractivity contribution in [2.45, 2.75) is 26.8 Å². The van der Waals surface area contributed by atoms with Crippen LogP contribution in [0.4, 0.5) is 5.69 Å². The third-order valence-corrected chi connectivity index (χ3v) is 3.64. The van der Waals surface area contributed by atoms with E-state index < -0.39 is 0 Å². The van der Waals surface area contributed by atoms with Crippen molar-refractivity contribution in [1.29, 1.82) is 0 Å². The predicted molar refractivity (Wildman–Crippen MR) is 105 cm³/mol. The molecule has 0 aliphatic rings. The molecule has 0 heterocycles. The average molecular weight is 370 g/mol. The summed E-state index contributed by atoms with van der Waals surface area (Å²) >= 11 is 0. The monoisotopic (exact) mass is 370 g/mol. The SMILES string of the molecule is CCOCCOc1ccc(C(=O)Nc2ccc(C(=O)NC(C)C)cc2)cc1. The van der Waals surface area contributed by atoms with Crippen LogP contribution >= 0.6 is 0 Å². The Kier molecular flexibility index (Phi) is 7.82. The Bertz CT molecular complexity index is 740. The minimum Gasteiger partial charge on any atom is -0.491 e. The molecule has 2 rings (SSSR count). The van der Waals surface area contributed by atoms with Crippen LogP contribution < -0.4 is 15.4 Å². The molecule has 0 saturated heterocycles. The smallest absolute Gasteiger partial charge is 0.255 e. The van der Waals surface area contributed by atoms with Crippen LogP contribution in [0.1, 0.15) is 41.5 Å². The van der Waals surface area contributed by atoms with Gasteiger partial charge in [0.15, 0.2) is 0 Å². The van der Waals surface area contributed by atoms with Gasteiger partial charge in [-0.1, -0.05) is 0 Å². The largest absolute Gasteiger partial charge is 0.491 e. The Morgan fingerprint density at radius 1 is 0.889 bits per heavy atom. The molecule has 0 aliphatic heterocycles. The summed E-state index contributed by atoms with van der Waals surface area (Å²) in [7, 11) is 0. The van der Waals surface area contributed by atoms with Gasteiger partial charge in [-0.2, -0.15) is 0 Å². The van der Waals surface area contributed by atoms with Crippen LogP contribution in [-0.4, -0.2) is 37.7 Å². The third-order valence-electron chi connectivity index (χ3n) is 3.64. The first-order valence-electron chi connectivity index (χ1n) is 9.02. The molecule has 0 aromatic heterocycles. The molecular weight excluding hydrogens is 344 g/mol. The predicted octanol–water partition coefficient (Wildman–Crippen LogP) is 3.49. The summed E-state index contributed by atoms with van der Waals surface area (Å²) < 4.78 is 10.7. The van der Waals surface area contributed by atoms with E-state index in [0.29, 0.717) is 42.4 Å². The van der Waals surface area contributed by atoms with Gasteiger partial charge in [-0.3, -0.25) is 9.59 Å². The van der Waals surface area contributed by atoms with E-state index in [1.165, 1.54) is 0 Å². The topological polar surface area (TPSA) is 76.7 Å². The Balaban J connectivity index is 1.90. The molecule has 0 spiro atoms. The van der Waals surface area contributed by atoms with Gasteiger partial charge in [0.2, 0.25) is 0 Å². The van der Waals surface area contributed by atoms with Gasteiger partial charge in [0.05, 0.1) is 6.61 Å². The molecular formula is C21H26N2O4. The summed E-state index contributed by atoms with van der Waals surface area (Å²) in [6.07, 6.45) is 0.